The van der Waals surface area contributed by atoms with Gasteiger partial charge in [0.2, 0.25) is 0 Å². The van der Waals surface area contributed by atoms with E-state index in [-0.39, 0.29) is 5.92 Å². The summed E-state index contributed by atoms with van der Waals surface area (Å²) in [6.45, 7) is 8.39. The third-order valence-electron chi connectivity index (χ3n) is 5.20. The lowest BCUT2D eigenvalue weighted by molar-refractivity contribution is -0.159. The molecule has 6 nitrogen and oxygen atoms in total. The number of carboxylic acid groups (broad SMARTS) is 1. The highest BCUT2D eigenvalue weighted by molar-refractivity contribution is 5.76. The molecule has 0 unspecified atom stereocenters. The smallest absolute Gasteiger partial charge is 0.313 e. The first-order valence-electron chi connectivity index (χ1n) is 8.11. The van der Waals surface area contributed by atoms with Crippen LogP contribution in [-0.4, -0.2) is 52.1 Å². The van der Waals surface area contributed by atoms with Crippen molar-refractivity contribution >= 4 is 5.97 Å². The van der Waals surface area contributed by atoms with Crippen molar-refractivity contribution in [2.75, 3.05) is 26.3 Å². The lowest BCUT2D eigenvalue weighted by Gasteiger charge is -2.34. The van der Waals surface area contributed by atoms with E-state index in [4.69, 9.17) is 4.74 Å². The topological polar surface area (TPSA) is 67.6 Å². The van der Waals surface area contributed by atoms with Crippen molar-refractivity contribution in [1.82, 2.24) is 14.7 Å². The summed E-state index contributed by atoms with van der Waals surface area (Å²) >= 11 is 0. The van der Waals surface area contributed by atoms with E-state index in [1.165, 1.54) is 11.3 Å². The molecule has 2 aliphatic heterocycles. The van der Waals surface area contributed by atoms with Crippen molar-refractivity contribution in [3.05, 3.63) is 17.5 Å². The lowest BCUT2D eigenvalue weighted by Crippen LogP contribution is -2.46. The Morgan fingerprint density at radius 3 is 3.09 bits per heavy atom. The van der Waals surface area contributed by atoms with Crippen molar-refractivity contribution in [2.45, 2.75) is 39.8 Å². The van der Waals surface area contributed by atoms with Gasteiger partial charge in [-0.2, -0.15) is 5.10 Å². The molecule has 2 saturated heterocycles. The molecule has 1 aromatic heterocycles. The van der Waals surface area contributed by atoms with Crippen LogP contribution in [0.15, 0.2) is 6.20 Å². The summed E-state index contributed by atoms with van der Waals surface area (Å²) < 4.78 is 7.52. The summed E-state index contributed by atoms with van der Waals surface area (Å²) in [6, 6.07) is 0. The quantitative estimate of drug-likeness (QED) is 0.893. The van der Waals surface area contributed by atoms with E-state index in [2.05, 4.69) is 23.8 Å². The summed E-state index contributed by atoms with van der Waals surface area (Å²) in [6.07, 6.45) is 3.83. The van der Waals surface area contributed by atoms with Crippen molar-refractivity contribution < 1.29 is 14.6 Å². The van der Waals surface area contributed by atoms with Gasteiger partial charge in [-0.1, -0.05) is 6.92 Å². The number of rotatable bonds is 5. The summed E-state index contributed by atoms with van der Waals surface area (Å²) in [5, 5.41) is 14.1. The van der Waals surface area contributed by atoms with E-state index in [1.54, 1.807) is 0 Å². The zero-order valence-electron chi connectivity index (χ0n) is 13.4. The van der Waals surface area contributed by atoms with Crippen molar-refractivity contribution in [1.29, 1.82) is 0 Å². The third-order valence-corrected chi connectivity index (χ3v) is 5.20. The number of aliphatic carboxylic acids is 1. The van der Waals surface area contributed by atoms with Gasteiger partial charge in [-0.15, -0.1) is 0 Å². The first kappa shape index (κ1) is 15.5. The molecular formula is C16H25N3O3. The van der Waals surface area contributed by atoms with Crippen LogP contribution in [0.4, 0.5) is 0 Å². The van der Waals surface area contributed by atoms with E-state index in [0.717, 1.165) is 32.5 Å². The molecule has 2 aliphatic rings. The van der Waals surface area contributed by atoms with E-state index in [9.17, 15) is 9.90 Å². The predicted octanol–water partition coefficient (Wildman–Crippen LogP) is 1.52. The Labute approximate surface area is 131 Å². The second-order valence-corrected chi connectivity index (χ2v) is 6.65. The monoisotopic (exact) mass is 307 g/mol. The normalized spacial score (nSPS) is 28.7. The van der Waals surface area contributed by atoms with Gasteiger partial charge in [0.05, 0.1) is 12.8 Å². The molecule has 0 aliphatic carbocycles. The summed E-state index contributed by atoms with van der Waals surface area (Å²) in [4.78, 5) is 14.0. The van der Waals surface area contributed by atoms with Crippen molar-refractivity contribution in [3.8, 4) is 0 Å². The molecule has 2 atom stereocenters. The molecule has 22 heavy (non-hydrogen) atoms. The Morgan fingerprint density at radius 2 is 2.41 bits per heavy atom. The van der Waals surface area contributed by atoms with E-state index >= 15 is 0 Å². The predicted molar refractivity (Wildman–Crippen MR) is 81.5 cm³/mol. The number of ether oxygens (including phenoxy) is 1. The molecule has 3 heterocycles. The molecule has 1 N–H and O–H groups in total. The Morgan fingerprint density at radius 1 is 1.59 bits per heavy atom. The number of hydrogen-bond acceptors (Lipinski definition) is 4. The maximum absolute atomic E-state index is 11.8. The molecule has 0 spiro atoms. The minimum Gasteiger partial charge on any atom is -0.481 e. The lowest BCUT2D eigenvalue weighted by atomic mass is 9.76. The number of aryl methyl sites for hydroxylation is 1. The number of hydrogen-bond donors (Lipinski definition) is 1. The fourth-order valence-electron chi connectivity index (χ4n) is 3.83. The number of carbonyl (C=O) groups is 1. The highest BCUT2D eigenvalue weighted by Gasteiger charge is 2.54. The first-order chi connectivity index (χ1) is 10.6. The van der Waals surface area contributed by atoms with Crippen LogP contribution in [0.2, 0.25) is 0 Å². The van der Waals surface area contributed by atoms with Crippen LogP contribution >= 0.6 is 0 Å². The second kappa shape index (κ2) is 6.01. The fraction of sp³-hybridized carbons (Fsp3) is 0.750. The molecule has 6 heteroatoms. The number of likely N-dealkylation sites (tertiary alicyclic amines) is 1. The minimum absolute atomic E-state index is 0.199. The van der Waals surface area contributed by atoms with Crippen LogP contribution in [0.25, 0.3) is 0 Å². The highest BCUT2D eigenvalue weighted by atomic mass is 16.5. The molecule has 3 rings (SSSR count). The van der Waals surface area contributed by atoms with Gasteiger partial charge in [0.1, 0.15) is 5.41 Å². The summed E-state index contributed by atoms with van der Waals surface area (Å²) in [5.74, 6) is -0.511. The molecule has 0 amide bonds. The maximum Gasteiger partial charge on any atom is 0.313 e. The Balaban J connectivity index is 1.73. The van der Waals surface area contributed by atoms with E-state index < -0.39 is 11.4 Å². The van der Waals surface area contributed by atoms with Gasteiger partial charge >= 0.3 is 5.97 Å². The van der Waals surface area contributed by atoms with Gasteiger partial charge in [0, 0.05) is 44.0 Å². The van der Waals surface area contributed by atoms with Crippen LogP contribution in [0.3, 0.4) is 0 Å². The third kappa shape index (κ3) is 2.54. The SMILES string of the molecule is CCCn1ncc(CN2C[C@@H]3CCOC[C@]3(C(=O)O)C2)c1C. The van der Waals surface area contributed by atoms with Crippen LogP contribution in [0.1, 0.15) is 31.0 Å². The van der Waals surface area contributed by atoms with Gasteiger partial charge in [-0.05, 0) is 25.7 Å². The first-order valence-corrected chi connectivity index (χ1v) is 8.11. The van der Waals surface area contributed by atoms with Gasteiger partial charge < -0.3 is 9.84 Å². The van der Waals surface area contributed by atoms with Crippen LogP contribution < -0.4 is 0 Å². The Bertz CT molecular complexity index is 557. The summed E-state index contributed by atoms with van der Waals surface area (Å²) in [7, 11) is 0. The molecule has 122 valence electrons. The number of nitrogens with zero attached hydrogens (tertiary/aromatic N) is 3. The molecule has 0 aromatic carbocycles. The number of fused-ring (bicyclic) bond motifs is 1. The average molecular weight is 307 g/mol. The molecule has 0 saturated carbocycles. The standard InChI is InChI=1S/C16H25N3O3/c1-3-5-19-12(2)13(7-17-19)8-18-9-14-4-6-22-11-16(14,10-18)15(20)21/h7,14H,3-6,8-11H2,1-2H3,(H,20,21)/t14-,16+/m0/s1. The van der Waals surface area contributed by atoms with Crippen LogP contribution in [-0.2, 0) is 22.6 Å². The molecule has 0 bridgehead atoms. The van der Waals surface area contributed by atoms with E-state index in [1.807, 2.05) is 10.9 Å². The zero-order chi connectivity index (χ0) is 15.7. The molecule has 0 radical (unpaired) electrons. The minimum atomic E-state index is -0.717. The van der Waals surface area contributed by atoms with Crippen LogP contribution in [0.5, 0.6) is 0 Å². The molecule has 2 fully saturated rings. The van der Waals surface area contributed by atoms with Crippen LogP contribution in [0, 0.1) is 18.3 Å². The number of carboxylic acids is 1. The van der Waals surface area contributed by atoms with Crippen molar-refractivity contribution in [3.63, 3.8) is 0 Å². The Kier molecular flexibility index (Phi) is 4.23. The fourth-order valence-corrected chi connectivity index (χ4v) is 3.83. The van der Waals surface area contributed by atoms with Gasteiger partial charge in [0.15, 0.2) is 0 Å². The van der Waals surface area contributed by atoms with Gasteiger partial charge in [-0.3, -0.25) is 14.4 Å². The second-order valence-electron chi connectivity index (χ2n) is 6.65. The van der Waals surface area contributed by atoms with Gasteiger partial charge in [-0.25, -0.2) is 0 Å². The van der Waals surface area contributed by atoms with E-state index in [0.29, 0.717) is 19.8 Å². The zero-order valence-corrected chi connectivity index (χ0v) is 13.4. The largest absolute Gasteiger partial charge is 0.481 e. The summed E-state index contributed by atoms with van der Waals surface area (Å²) in [5.41, 5.74) is 1.68. The molecular weight excluding hydrogens is 282 g/mol. The molecule has 1 aromatic rings. The highest BCUT2D eigenvalue weighted by Crippen LogP contribution is 2.42. The van der Waals surface area contributed by atoms with Gasteiger partial charge in [0.25, 0.3) is 0 Å². The number of aromatic nitrogens is 2. The average Bonchev–Trinajstić information content (AvgIpc) is 3.03. The Hall–Kier alpha value is -1.40. The maximum atomic E-state index is 11.8. The van der Waals surface area contributed by atoms with Crippen molar-refractivity contribution in [2.24, 2.45) is 11.3 Å².